The van der Waals surface area contributed by atoms with E-state index in [0.717, 1.165) is 6.26 Å². The van der Waals surface area contributed by atoms with Gasteiger partial charge in [-0.25, -0.2) is 13.4 Å². The van der Waals surface area contributed by atoms with Crippen LogP contribution in [0.25, 0.3) is 17.0 Å². The van der Waals surface area contributed by atoms with Crippen molar-refractivity contribution in [2.75, 3.05) is 6.26 Å². The van der Waals surface area contributed by atoms with E-state index in [4.69, 9.17) is 0 Å². The van der Waals surface area contributed by atoms with E-state index in [0.29, 0.717) is 22.0 Å². The zero-order valence-corrected chi connectivity index (χ0v) is 15.7. The third-order valence-electron chi connectivity index (χ3n) is 3.86. The van der Waals surface area contributed by atoms with E-state index >= 15 is 0 Å². The van der Waals surface area contributed by atoms with Crippen molar-refractivity contribution in [3.8, 4) is 11.4 Å². The van der Waals surface area contributed by atoms with Crippen LogP contribution in [0, 0.1) is 0 Å². The maximum Gasteiger partial charge on any atom is 0.189 e. The van der Waals surface area contributed by atoms with Crippen LogP contribution in [0.3, 0.4) is 0 Å². The first-order valence-electron chi connectivity index (χ1n) is 7.86. The van der Waals surface area contributed by atoms with Crippen LogP contribution in [-0.4, -0.2) is 45.3 Å². The third kappa shape index (κ3) is 3.49. The lowest BCUT2D eigenvalue weighted by Gasteiger charge is -2.04. The topological polar surface area (TPSA) is 107 Å². The summed E-state index contributed by atoms with van der Waals surface area (Å²) in [5.74, 6) is 0.191. The van der Waals surface area contributed by atoms with Gasteiger partial charge in [0.2, 0.25) is 0 Å². The molecule has 0 spiro atoms. The Balaban J connectivity index is 1.76. The van der Waals surface area contributed by atoms with Gasteiger partial charge in [0, 0.05) is 23.4 Å². The Hall–Kier alpha value is -2.98. The minimum Gasteiger partial charge on any atom is -0.292 e. The van der Waals surface area contributed by atoms with Gasteiger partial charge in [-0.2, -0.15) is 9.61 Å². The number of thiazole rings is 1. The van der Waals surface area contributed by atoms with Crippen LogP contribution in [0.4, 0.5) is 0 Å². The molecule has 27 heavy (non-hydrogen) atoms. The summed E-state index contributed by atoms with van der Waals surface area (Å²) in [7, 11) is -3.36. The van der Waals surface area contributed by atoms with Crippen molar-refractivity contribution in [1.29, 1.82) is 0 Å². The standard InChI is InChI=1S/C17H13N5O3S2/c1-27(24,25)12-4-2-3-11(9-12)17-20-19-15-6-5-13(21-22(15)17)14(23)10-16-18-7-8-26-16/h2-9H,10H2,1H3. The first-order chi connectivity index (χ1) is 12.9. The zero-order valence-electron chi connectivity index (χ0n) is 14.1. The smallest absolute Gasteiger partial charge is 0.189 e. The van der Waals surface area contributed by atoms with Gasteiger partial charge in [-0.15, -0.1) is 21.5 Å². The lowest BCUT2D eigenvalue weighted by atomic mass is 10.2. The number of ketones is 1. The molecule has 10 heteroatoms. The number of hydrogen-bond acceptors (Lipinski definition) is 8. The summed E-state index contributed by atoms with van der Waals surface area (Å²) in [6, 6.07) is 9.62. The number of nitrogens with zero attached hydrogens (tertiary/aromatic N) is 5. The molecule has 8 nitrogen and oxygen atoms in total. The van der Waals surface area contributed by atoms with E-state index in [1.165, 1.54) is 28.0 Å². The molecular weight excluding hydrogens is 386 g/mol. The molecule has 0 aliphatic carbocycles. The van der Waals surface area contributed by atoms with Crippen molar-refractivity contribution in [3.05, 3.63) is 58.7 Å². The van der Waals surface area contributed by atoms with Gasteiger partial charge in [0.05, 0.1) is 11.3 Å². The van der Waals surface area contributed by atoms with Gasteiger partial charge in [-0.3, -0.25) is 4.79 Å². The number of fused-ring (bicyclic) bond motifs is 1. The fraction of sp³-hybridized carbons (Fsp3) is 0.118. The SMILES string of the molecule is CS(=O)(=O)c1cccc(-c2nnc3ccc(C(=O)Cc4nccs4)nn23)c1. The fourth-order valence-corrected chi connectivity index (χ4v) is 3.83. The van der Waals surface area contributed by atoms with Crippen molar-refractivity contribution in [1.82, 2.24) is 24.8 Å². The maximum atomic E-state index is 12.5. The molecule has 0 saturated heterocycles. The normalized spacial score (nSPS) is 11.7. The van der Waals surface area contributed by atoms with Gasteiger partial charge >= 0.3 is 0 Å². The lowest BCUT2D eigenvalue weighted by molar-refractivity contribution is 0.0987. The highest BCUT2D eigenvalue weighted by molar-refractivity contribution is 7.90. The molecule has 0 unspecified atom stereocenters. The van der Waals surface area contributed by atoms with Gasteiger partial charge in [-0.1, -0.05) is 12.1 Å². The molecule has 0 radical (unpaired) electrons. The fourth-order valence-electron chi connectivity index (χ4n) is 2.55. The first-order valence-corrected chi connectivity index (χ1v) is 10.6. The number of rotatable bonds is 5. The number of benzene rings is 1. The lowest BCUT2D eigenvalue weighted by Crippen LogP contribution is -2.09. The molecule has 3 aromatic heterocycles. The number of carbonyl (C=O) groups excluding carboxylic acids is 1. The molecule has 0 N–H and O–H groups in total. The largest absolute Gasteiger partial charge is 0.292 e. The molecule has 1 aromatic carbocycles. The minimum atomic E-state index is -3.36. The molecule has 0 bridgehead atoms. The Bertz CT molecular complexity index is 1250. The quantitative estimate of drug-likeness (QED) is 0.473. The molecule has 136 valence electrons. The molecule has 4 aromatic rings. The van der Waals surface area contributed by atoms with Gasteiger partial charge in [0.25, 0.3) is 0 Å². The molecule has 0 fully saturated rings. The summed E-state index contributed by atoms with van der Waals surface area (Å²) in [5.41, 5.74) is 1.26. The Kier molecular flexibility index (Phi) is 4.28. The van der Waals surface area contributed by atoms with Gasteiger partial charge in [-0.05, 0) is 24.3 Å². The summed E-state index contributed by atoms with van der Waals surface area (Å²) in [5, 5.41) is 15.0. The second-order valence-electron chi connectivity index (χ2n) is 5.84. The Morgan fingerprint density at radius 2 is 2.04 bits per heavy atom. The zero-order chi connectivity index (χ0) is 19.0. The third-order valence-corrected chi connectivity index (χ3v) is 5.75. The molecule has 3 heterocycles. The molecule has 0 atom stereocenters. The highest BCUT2D eigenvalue weighted by atomic mass is 32.2. The molecule has 0 amide bonds. The van der Waals surface area contributed by atoms with E-state index in [-0.39, 0.29) is 22.8 Å². The van der Waals surface area contributed by atoms with Crippen molar-refractivity contribution in [3.63, 3.8) is 0 Å². The Morgan fingerprint density at radius 1 is 1.19 bits per heavy atom. The van der Waals surface area contributed by atoms with Gasteiger partial charge < -0.3 is 0 Å². The molecule has 0 saturated carbocycles. The van der Waals surface area contributed by atoms with Gasteiger partial charge in [0.1, 0.15) is 10.7 Å². The number of carbonyl (C=O) groups is 1. The number of Topliss-reactive ketones (excluding diaryl/α,β-unsaturated/α-hetero) is 1. The summed E-state index contributed by atoms with van der Waals surface area (Å²) in [6.07, 6.45) is 2.95. The van der Waals surface area contributed by atoms with Crippen LogP contribution in [0.15, 0.2) is 52.9 Å². The minimum absolute atomic E-state index is 0.164. The first kappa shape index (κ1) is 17.4. The van der Waals surface area contributed by atoms with Gasteiger partial charge in [0.15, 0.2) is 27.1 Å². The monoisotopic (exact) mass is 399 g/mol. The van der Waals surface area contributed by atoms with Crippen LogP contribution in [-0.2, 0) is 16.3 Å². The number of sulfone groups is 1. The summed E-state index contributed by atoms with van der Waals surface area (Å²) in [4.78, 5) is 16.8. The van der Waals surface area contributed by atoms with E-state index in [1.54, 1.807) is 30.5 Å². The molecule has 4 rings (SSSR count). The Labute approximate surface area is 158 Å². The van der Waals surface area contributed by atoms with Crippen molar-refractivity contribution in [2.45, 2.75) is 11.3 Å². The van der Waals surface area contributed by atoms with Crippen LogP contribution < -0.4 is 0 Å². The molecule has 0 aliphatic heterocycles. The van der Waals surface area contributed by atoms with Crippen LogP contribution in [0.5, 0.6) is 0 Å². The highest BCUT2D eigenvalue weighted by Crippen LogP contribution is 2.21. The number of hydrogen-bond donors (Lipinski definition) is 0. The van der Waals surface area contributed by atoms with Crippen molar-refractivity contribution in [2.24, 2.45) is 0 Å². The predicted molar refractivity (Wildman–Crippen MR) is 99.5 cm³/mol. The van der Waals surface area contributed by atoms with E-state index in [1.807, 2.05) is 5.38 Å². The average Bonchev–Trinajstić information content (AvgIpc) is 3.30. The van der Waals surface area contributed by atoms with E-state index < -0.39 is 9.84 Å². The highest BCUT2D eigenvalue weighted by Gasteiger charge is 2.16. The summed E-state index contributed by atoms with van der Waals surface area (Å²) >= 11 is 1.41. The second kappa shape index (κ2) is 6.63. The predicted octanol–water partition coefficient (Wildman–Crippen LogP) is 2.08. The van der Waals surface area contributed by atoms with Crippen molar-refractivity contribution >= 4 is 32.6 Å². The number of aromatic nitrogens is 5. The molecule has 0 aliphatic rings. The average molecular weight is 399 g/mol. The summed E-state index contributed by atoms with van der Waals surface area (Å²) < 4.78 is 25.1. The van der Waals surface area contributed by atoms with Crippen molar-refractivity contribution < 1.29 is 13.2 Å². The maximum absolute atomic E-state index is 12.5. The van der Waals surface area contributed by atoms with E-state index in [2.05, 4.69) is 20.3 Å². The van der Waals surface area contributed by atoms with Crippen LogP contribution >= 0.6 is 11.3 Å². The molecular formula is C17H13N5O3S2. The second-order valence-corrected chi connectivity index (χ2v) is 8.83. The van der Waals surface area contributed by atoms with Crippen LogP contribution in [0.2, 0.25) is 0 Å². The van der Waals surface area contributed by atoms with Crippen LogP contribution in [0.1, 0.15) is 15.5 Å². The summed E-state index contributed by atoms with van der Waals surface area (Å²) in [6.45, 7) is 0. The Morgan fingerprint density at radius 3 is 2.78 bits per heavy atom. The van der Waals surface area contributed by atoms with E-state index in [9.17, 15) is 13.2 Å².